The normalized spacial score (nSPS) is 21.8. The van der Waals surface area contributed by atoms with E-state index in [0.717, 1.165) is 22.1 Å². The van der Waals surface area contributed by atoms with Crippen LogP contribution in [-0.2, 0) is 9.68 Å². The molecule has 0 saturated heterocycles. The van der Waals surface area contributed by atoms with E-state index in [9.17, 15) is 0 Å². The van der Waals surface area contributed by atoms with Gasteiger partial charge >= 0.3 is 0 Å². The van der Waals surface area contributed by atoms with E-state index in [1.165, 1.54) is 11.1 Å². The maximum atomic E-state index is 5.19. The van der Waals surface area contributed by atoms with Crippen molar-refractivity contribution in [2.45, 2.75) is 25.0 Å². The summed E-state index contributed by atoms with van der Waals surface area (Å²) in [6.45, 7) is 0. The van der Waals surface area contributed by atoms with Crippen LogP contribution in [0.5, 0.6) is 0 Å². The van der Waals surface area contributed by atoms with Crippen LogP contribution in [0.2, 0.25) is 0 Å². The summed E-state index contributed by atoms with van der Waals surface area (Å²) >= 11 is 6.60. The first kappa shape index (κ1) is 17.2. The molecule has 4 rings (SSSR count). The zero-order chi connectivity index (χ0) is 16.8. The van der Waals surface area contributed by atoms with E-state index >= 15 is 0 Å². The molecule has 0 fully saturated rings. The lowest BCUT2D eigenvalue weighted by Gasteiger charge is -2.06. The largest absolute Gasteiger partial charge is 0.386 e. The van der Waals surface area contributed by atoms with Gasteiger partial charge in [0.2, 0.25) is 0 Å². The van der Waals surface area contributed by atoms with Crippen molar-refractivity contribution in [1.82, 2.24) is 0 Å². The smallest absolute Gasteiger partial charge is 0.158 e. The molecule has 124 valence electrons. The fourth-order valence-corrected chi connectivity index (χ4v) is 3.14. The van der Waals surface area contributed by atoms with Crippen LogP contribution in [0.25, 0.3) is 0 Å². The predicted octanol–water partition coefficient (Wildman–Crippen LogP) is 5.71. The first-order chi connectivity index (χ1) is 11.7. The Morgan fingerprint density at radius 1 is 0.667 bits per heavy atom. The van der Waals surface area contributed by atoms with E-state index in [2.05, 4.69) is 42.2 Å². The summed E-state index contributed by atoms with van der Waals surface area (Å²) in [6.07, 6.45) is 1.87. The Labute approximate surface area is 157 Å². The Kier molecular flexibility index (Phi) is 6.04. The van der Waals surface area contributed by atoms with E-state index in [1.807, 2.05) is 60.7 Å². The molecule has 24 heavy (non-hydrogen) atoms. The topological polar surface area (TPSA) is 43.2 Å². The average molecular weight is 452 g/mol. The minimum atomic E-state index is 0.0978. The molecule has 0 spiro atoms. The lowest BCUT2D eigenvalue weighted by molar-refractivity contribution is 0.0857. The zero-order valence-electron chi connectivity index (χ0n) is 12.8. The third-order valence-corrected chi connectivity index (χ3v) is 4.55. The molecule has 0 aliphatic carbocycles. The van der Waals surface area contributed by atoms with Crippen LogP contribution in [-0.4, -0.2) is 9.24 Å². The van der Waals surface area contributed by atoms with Crippen LogP contribution in [0.1, 0.15) is 36.2 Å². The van der Waals surface area contributed by atoms with Crippen molar-refractivity contribution in [3.63, 3.8) is 0 Å². The Morgan fingerprint density at radius 3 is 1.33 bits per heavy atom. The lowest BCUT2D eigenvalue weighted by atomic mass is 10.1. The summed E-state index contributed by atoms with van der Waals surface area (Å²) < 4.78 is 1.77. The zero-order valence-corrected chi connectivity index (χ0v) is 16.0. The summed E-state index contributed by atoms with van der Waals surface area (Å²) in [6, 6.07) is 20.2. The summed E-state index contributed by atoms with van der Waals surface area (Å²) in [5.74, 6) is 0. The van der Waals surface area contributed by atoms with Crippen molar-refractivity contribution in [2.75, 3.05) is 0 Å². The van der Waals surface area contributed by atoms with Crippen LogP contribution in [0, 0.1) is 0 Å². The summed E-state index contributed by atoms with van der Waals surface area (Å²) in [5, 5.41) is 7.65. The second kappa shape index (κ2) is 8.44. The van der Waals surface area contributed by atoms with Crippen molar-refractivity contribution in [1.29, 1.82) is 0 Å². The molecular weight excluding hydrogens is 436 g/mol. The number of hydrogen-bond acceptors (Lipinski definition) is 4. The van der Waals surface area contributed by atoms with Crippen LogP contribution < -0.4 is 0 Å². The molecule has 0 amide bonds. The third kappa shape index (κ3) is 4.68. The number of rotatable bonds is 2. The average Bonchev–Trinajstić information content (AvgIpc) is 3.26. The number of oxime groups is 2. The predicted molar refractivity (Wildman–Crippen MR) is 102 cm³/mol. The Hall–Kier alpha value is -1.66. The van der Waals surface area contributed by atoms with Crippen LogP contribution in [0.4, 0.5) is 0 Å². The number of benzene rings is 2. The minimum absolute atomic E-state index is 0.0978. The molecule has 0 saturated carbocycles. The van der Waals surface area contributed by atoms with E-state index in [0.29, 0.717) is 0 Å². The van der Waals surface area contributed by atoms with Crippen LogP contribution in [0.15, 0.2) is 71.0 Å². The second-order valence-electron chi connectivity index (χ2n) is 5.35. The van der Waals surface area contributed by atoms with Gasteiger partial charge in [0.05, 0.1) is 0 Å². The van der Waals surface area contributed by atoms with Gasteiger partial charge in [-0.1, -0.05) is 71.0 Å². The van der Waals surface area contributed by atoms with Crippen LogP contribution >= 0.6 is 31.9 Å². The molecule has 4 nitrogen and oxygen atoms in total. The summed E-state index contributed by atoms with van der Waals surface area (Å²) in [5.41, 5.74) is 2.35. The summed E-state index contributed by atoms with van der Waals surface area (Å²) in [7, 11) is 0. The molecule has 0 unspecified atom stereocenters. The van der Waals surface area contributed by atoms with Crippen molar-refractivity contribution in [3.05, 3.63) is 71.8 Å². The highest BCUT2D eigenvalue weighted by Crippen LogP contribution is 2.29. The molecule has 2 aliphatic heterocycles. The highest BCUT2D eigenvalue weighted by molar-refractivity contribution is 9.18. The van der Waals surface area contributed by atoms with Gasteiger partial charge in [0.1, 0.15) is 9.24 Å². The van der Waals surface area contributed by atoms with Crippen molar-refractivity contribution < 1.29 is 9.68 Å². The molecule has 6 heteroatoms. The fourth-order valence-electron chi connectivity index (χ4n) is 2.39. The summed E-state index contributed by atoms with van der Waals surface area (Å²) in [4.78, 5) is 10.4. The van der Waals surface area contributed by atoms with E-state index in [4.69, 9.17) is 9.68 Å². The molecule has 0 bridgehead atoms. The molecule has 2 aromatic carbocycles. The Bertz CT molecular complexity index is 657. The maximum Gasteiger partial charge on any atom is 0.158 e. The molecule has 0 N–H and O–H groups in total. The fraction of sp³-hybridized carbons (Fsp3) is 0.222. The SMILES string of the molecule is BrC1=NO[C@@H](c2ccccc2)C1.BrC1=NO[C@H](c2ccccc2)C1. The molecule has 2 aliphatic rings. The van der Waals surface area contributed by atoms with Gasteiger partial charge < -0.3 is 9.68 Å². The first-order valence-electron chi connectivity index (χ1n) is 7.58. The highest BCUT2D eigenvalue weighted by Gasteiger charge is 2.21. The standard InChI is InChI=1S/2C9H8BrNO/c2*10-9-6-8(12-11-9)7-4-2-1-3-5-7/h2*1-5,8H,6H2/t2*8-/m10/s1. The van der Waals surface area contributed by atoms with Gasteiger partial charge in [-0.25, -0.2) is 0 Å². The van der Waals surface area contributed by atoms with Gasteiger partial charge in [0, 0.05) is 12.8 Å². The number of hydrogen-bond donors (Lipinski definition) is 0. The highest BCUT2D eigenvalue weighted by atomic mass is 79.9. The molecule has 0 radical (unpaired) electrons. The Morgan fingerprint density at radius 2 is 1.04 bits per heavy atom. The number of nitrogens with zero attached hydrogens (tertiary/aromatic N) is 2. The molecule has 2 atom stereocenters. The molecule has 2 heterocycles. The van der Waals surface area contributed by atoms with Gasteiger partial charge in [-0.3, -0.25) is 0 Å². The van der Waals surface area contributed by atoms with Crippen molar-refractivity contribution in [2.24, 2.45) is 10.3 Å². The van der Waals surface area contributed by atoms with E-state index < -0.39 is 0 Å². The van der Waals surface area contributed by atoms with Gasteiger partial charge in [0.25, 0.3) is 0 Å². The maximum absolute atomic E-state index is 5.19. The van der Waals surface area contributed by atoms with Gasteiger partial charge in [0.15, 0.2) is 12.2 Å². The van der Waals surface area contributed by atoms with Crippen molar-refractivity contribution >= 4 is 41.1 Å². The van der Waals surface area contributed by atoms with Gasteiger partial charge in [-0.2, -0.15) is 0 Å². The minimum Gasteiger partial charge on any atom is -0.386 e. The molecule has 0 aromatic heterocycles. The third-order valence-electron chi connectivity index (χ3n) is 3.61. The van der Waals surface area contributed by atoms with E-state index in [-0.39, 0.29) is 12.2 Å². The number of halogens is 2. The van der Waals surface area contributed by atoms with Crippen LogP contribution in [0.3, 0.4) is 0 Å². The van der Waals surface area contributed by atoms with Crippen molar-refractivity contribution in [3.8, 4) is 0 Å². The monoisotopic (exact) mass is 450 g/mol. The van der Waals surface area contributed by atoms with Gasteiger partial charge in [-0.15, -0.1) is 0 Å². The first-order valence-corrected chi connectivity index (χ1v) is 9.17. The lowest BCUT2D eigenvalue weighted by Crippen LogP contribution is -1.95. The van der Waals surface area contributed by atoms with E-state index in [1.54, 1.807) is 0 Å². The Balaban J connectivity index is 0.000000141. The second-order valence-corrected chi connectivity index (χ2v) is 7.18. The quantitative estimate of drug-likeness (QED) is 0.586. The molecule has 2 aromatic rings. The van der Waals surface area contributed by atoms with Gasteiger partial charge in [-0.05, 0) is 43.0 Å². The molecular formula is C18H16Br2N2O2.